The van der Waals surface area contributed by atoms with E-state index in [1.807, 2.05) is 0 Å². The number of allylic oxidation sites excluding steroid dienone is 4. The topological polar surface area (TPSA) is 78.9 Å². The number of esters is 3. The summed E-state index contributed by atoms with van der Waals surface area (Å²) < 4.78 is 16.7. The molecule has 0 radical (unpaired) electrons. The third kappa shape index (κ3) is 44.8. The molecule has 0 aromatic rings. The fourth-order valence-corrected chi connectivity index (χ4v) is 7.15. The van der Waals surface area contributed by atoms with Crippen LogP contribution in [-0.2, 0) is 28.6 Å². The first kappa shape index (κ1) is 54.9. The summed E-state index contributed by atoms with van der Waals surface area (Å²) in [6.45, 7) is 6.58. The molecule has 6 heteroatoms. The summed E-state index contributed by atoms with van der Waals surface area (Å²) in [4.78, 5) is 37.8. The van der Waals surface area contributed by atoms with Gasteiger partial charge in [0.05, 0.1) is 0 Å². The SMILES string of the molecule is CCCCCC/C=C\CCCCCCCCCC(=O)OCC(COC(=O)CCC/C=C\CCCCCC)OC(=O)CCCCCCCCCCCCCCCCC. The van der Waals surface area contributed by atoms with E-state index in [0.717, 1.165) is 57.8 Å². The van der Waals surface area contributed by atoms with Crippen molar-refractivity contribution in [2.24, 2.45) is 0 Å². The van der Waals surface area contributed by atoms with Crippen LogP contribution in [0.2, 0.25) is 0 Å². The monoisotopic (exact) mass is 803 g/mol. The van der Waals surface area contributed by atoms with Crippen LogP contribution >= 0.6 is 0 Å². The van der Waals surface area contributed by atoms with Crippen LogP contribution in [-0.4, -0.2) is 37.2 Å². The number of carbonyl (C=O) groups excluding carboxylic acids is 3. The van der Waals surface area contributed by atoms with Gasteiger partial charge in [0.15, 0.2) is 6.10 Å². The fraction of sp³-hybridized carbons (Fsp3) is 0.863. The average Bonchev–Trinajstić information content (AvgIpc) is 3.21. The Balaban J connectivity index is 4.32. The minimum absolute atomic E-state index is 0.0787. The molecule has 0 aliphatic rings. The minimum Gasteiger partial charge on any atom is -0.462 e. The summed E-state index contributed by atoms with van der Waals surface area (Å²) in [6, 6.07) is 0. The Hall–Kier alpha value is -2.11. The molecule has 0 aliphatic heterocycles. The van der Waals surface area contributed by atoms with Gasteiger partial charge in [0.1, 0.15) is 13.2 Å². The van der Waals surface area contributed by atoms with Gasteiger partial charge < -0.3 is 14.2 Å². The van der Waals surface area contributed by atoms with Crippen molar-refractivity contribution >= 4 is 17.9 Å². The highest BCUT2D eigenvalue weighted by Crippen LogP contribution is 2.15. The van der Waals surface area contributed by atoms with Crippen molar-refractivity contribution in [1.29, 1.82) is 0 Å². The zero-order chi connectivity index (χ0) is 41.5. The maximum absolute atomic E-state index is 12.7. The number of ether oxygens (including phenoxy) is 3. The Kier molecular flexibility index (Phi) is 44.9. The molecule has 0 spiro atoms. The Labute approximate surface area is 353 Å². The molecule has 0 aliphatic carbocycles. The predicted octanol–water partition coefficient (Wildman–Crippen LogP) is 16.0. The molecule has 1 atom stereocenters. The van der Waals surface area contributed by atoms with Crippen molar-refractivity contribution in [3.8, 4) is 0 Å². The van der Waals surface area contributed by atoms with Crippen LogP contribution in [0.15, 0.2) is 24.3 Å². The third-order valence-corrected chi connectivity index (χ3v) is 10.9. The molecule has 6 nitrogen and oxygen atoms in total. The van der Waals surface area contributed by atoms with Gasteiger partial charge in [-0.05, 0) is 64.2 Å². The fourth-order valence-electron chi connectivity index (χ4n) is 7.15. The van der Waals surface area contributed by atoms with Gasteiger partial charge in [-0.25, -0.2) is 0 Å². The molecule has 0 aromatic carbocycles. The summed E-state index contributed by atoms with van der Waals surface area (Å²) in [7, 11) is 0. The van der Waals surface area contributed by atoms with Gasteiger partial charge in [-0.2, -0.15) is 0 Å². The molecular formula is C51H94O6. The molecule has 0 aromatic heterocycles. The zero-order valence-electron chi connectivity index (χ0n) is 38.1. The standard InChI is InChI=1S/C51H94O6/c1-4-7-10-13-16-19-21-23-25-27-29-32-35-38-41-44-50(53)56-47-48(46-55-49(52)43-40-37-34-31-18-15-12-9-6-3)57-51(54)45-42-39-36-33-30-28-26-24-22-20-17-14-11-8-5-2/h19,21,31,34,48H,4-18,20,22-30,32-33,35-47H2,1-3H3/b21-19-,34-31-. The van der Waals surface area contributed by atoms with Gasteiger partial charge in [-0.1, -0.05) is 206 Å². The van der Waals surface area contributed by atoms with Crippen LogP contribution in [0.3, 0.4) is 0 Å². The van der Waals surface area contributed by atoms with E-state index in [2.05, 4.69) is 45.1 Å². The molecule has 0 heterocycles. The smallest absolute Gasteiger partial charge is 0.306 e. The second-order valence-corrected chi connectivity index (χ2v) is 16.7. The number of hydrogen-bond acceptors (Lipinski definition) is 6. The highest BCUT2D eigenvalue weighted by Gasteiger charge is 2.19. The predicted molar refractivity (Wildman–Crippen MR) is 243 cm³/mol. The Morgan fingerprint density at radius 1 is 0.333 bits per heavy atom. The quantitative estimate of drug-likeness (QED) is 0.0264. The van der Waals surface area contributed by atoms with Gasteiger partial charge in [-0.15, -0.1) is 0 Å². The van der Waals surface area contributed by atoms with E-state index in [1.54, 1.807) is 0 Å². The van der Waals surface area contributed by atoms with E-state index in [4.69, 9.17) is 14.2 Å². The van der Waals surface area contributed by atoms with E-state index in [1.165, 1.54) is 167 Å². The van der Waals surface area contributed by atoms with Crippen molar-refractivity contribution in [2.75, 3.05) is 13.2 Å². The van der Waals surface area contributed by atoms with Crippen LogP contribution < -0.4 is 0 Å². The number of carbonyl (C=O) groups is 3. The van der Waals surface area contributed by atoms with Crippen molar-refractivity contribution in [1.82, 2.24) is 0 Å². The van der Waals surface area contributed by atoms with E-state index in [9.17, 15) is 14.4 Å². The molecular weight excluding hydrogens is 709 g/mol. The Bertz CT molecular complexity index is 927. The Morgan fingerprint density at radius 2 is 0.596 bits per heavy atom. The first-order chi connectivity index (χ1) is 28.0. The molecule has 57 heavy (non-hydrogen) atoms. The molecule has 0 amide bonds. The average molecular weight is 803 g/mol. The summed E-state index contributed by atoms with van der Waals surface area (Å²) in [5, 5.41) is 0. The van der Waals surface area contributed by atoms with Gasteiger partial charge in [-0.3, -0.25) is 14.4 Å². The molecule has 0 N–H and O–H groups in total. The van der Waals surface area contributed by atoms with Crippen LogP contribution in [0.4, 0.5) is 0 Å². The van der Waals surface area contributed by atoms with E-state index in [0.29, 0.717) is 19.3 Å². The van der Waals surface area contributed by atoms with Gasteiger partial charge in [0, 0.05) is 19.3 Å². The lowest BCUT2D eigenvalue weighted by Crippen LogP contribution is -2.30. The lowest BCUT2D eigenvalue weighted by Gasteiger charge is -2.18. The van der Waals surface area contributed by atoms with Gasteiger partial charge >= 0.3 is 17.9 Å². The summed E-state index contributed by atoms with van der Waals surface area (Å²) >= 11 is 0. The van der Waals surface area contributed by atoms with E-state index < -0.39 is 6.10 Å². The normalized spacial score (nSPS) is 12.1. The van der Waals surface area contributed by atoms with Crippen LogP contribution in [0.5, 0.6) is 0 Å². The first-order valence-corrected chi connectivity index (χ1v) is 24.8. The van der Waals surface area contributed by atoms with Crippen molar-refractivity contribution in [3.05, 3.63) is 24.3 Å². The molecule has 1 unspecified atom stereocenters. The maximum Gasteiger partial charge on any atom is 0.306 e. The number of rotatable bonds is 45. The van der Waals surface area contributed by atoms with Crippen LogP contribution in [0, 0.1) is 0 Å². The highest BCUT2D eigenvalue weighted by atomic mass is 16.6. The third-order valence-electron chi connectivity index (χ3n) is 10.9. The summed E-state index contributed by atoms with van der Waals surface area (Å²) in [5.41, 5.74) is 0. The van der Waals surface area contributed by atoms with E-state index >= 15 is 0 Å². The number of unbranched alkanes of at least 4 members (excludes halogenated alkanes) is 30. The lowest BCUT2D eigenvalue weighted by atomic mass is 10.0. The largest absolute Gasteiger partial charge is 0.462 e. The molecule has 0 bridgehead atoms. The zero-order valence-corrected chi connectivity index (χ0v) is 38.1. The van der Waals surface area contributed by atoms with Crippen molar-refractivity contribution < 1.29 is 28.6 Å². The second-order valence-electron chi connectivity index (χ2n) is 16.7. The highest BCUT2D eigenvalue weighted by molar-refractivity contribution is 5.71. The minimum atomic E-state index is -0.777. The number of hydrogen-bond donors (Lipinski definition) is 0. The molecule has 0 saturated carbocycles. The van der Waals surface area contributed by atoms with Crippen molar-refractivity contribution in [3.63, 3.8) is 0 Å². The van der Waals surface area contributed by atoms with Crippen molar-refractivity contribution in [2.45, 2.75) is 271 Å². The van der Waals surface area contributed by atoms with Crippen LogP contribution in [0.1, 0.15) is 265 Å². The molecule has 0 fully saturated rings. The Morgan fingerprint density at radius 3 is 0.965 bits per heavy atom. The second kappa shape index (κ2) is 46.6. The molecule has 0 saturated heterocycles. The van der Waals surface area contributed by atoms with Gasteiger partial charge in [0.2, 0.25) is 0 Å². The summed E-state index contributed by atoms with van der Waals surface area (Å²) in [6.07, 6.45) is 51.7. The summed E-state index contributed by atoms with van der Waals surface area (Å²) in [5.74, 6) is -0.910. The lowest BCUT2D eigenvalue weighted by molar-refractivity contribution is -0.167. The first-order valence-electron chi connectivity index (χ1n) is 24.8. The van der Waals surface area contributed by atoms with E-state index in [-0.39, 0.29) is 31.1 Å². The maximum atomic E-state index is 12.7. The van der Waals surface area contributed by atoms with Gasteiger partial charge in [0.25, 0.3) is 0 Å². The van der Waals surface area contributed by atoms with Crippen LogP contribution in [0.25, 0.3) is 0 Å². The molecule has 0 rings (SSSR count). The molecule has 334 valence electrons.